The minimum absolute atomic E-state index is 0.0329. The summed E-state index contributed by atoms with van der Waals surface area (Å²) in [6.07, 6.45) is 3.43. The van der Waals surface area contributed by atoms with Gasteiger partial charge in [-0.3, -0.25) is 9.59 Å². The number of anilines is 1. The van der Waals surface area contributed by atoms with Crippen molar-refractivity contribution in [2.24, 2.45) is 0 Å². The maximum Gasteiger partial charge on any atom is 0.251 e. The number of piperazine rings is 1. The molecule has 154 valence electrons. The fourth-order valence-electron chi connectivity index (χ4n) is 3.32. The maximum atomic E-state index is 12.8. The van der Waals surface area contributed by atoms with Crippen molar-refractivity contribution in [3.63, 3.8) is 0 Å². The molecule has 1 saturated heterocycles. The molecule has 1 fully saturated rings. The summed E-state index contributed by atoms with van der Waals surface area (Å²) in [4.78, 5) is 37.6. The van der Waals surface area contributed by atoms with Crippen molar-refractivity contribution < 1.29 is 9.59 Å². The molecule has 1 atom stereocenters. The second-order valence-electron chi connectivity index (χ2n) is 8.38. The molecule has 2 amide bonds. The molecule has 1 N–H and O–H groups in total. The average Bonchev–Trinajstić information content (AvgIpc) is 2.73. The van der Waals surface area contributed by atoms with Gasteiger partial charge in [-0.15, -0.1) is 0 Å². The molecule has 7 heteroatoms. The lowest BCUT2D eigenvalue weighted by Gasteiger charge is -2.35. The van der Waals surface area contributed by atoms with Gasteiger partial charge >= 0.3 is 0 Å². The van der Waals surface area contributed by atoms with Crippen molar-refractivity contribution in [3.8, 4) is 0 Å². The van der Waals surface area contributed by atoms with Gasteiger partial charge in [-0.05, 0) is 36.1 Å². The number of hydrogen-bond acceptors (Lipinski definition) is 5. The van der Waals surface area contributed by atoms with Crippen molar-refractivity contribution >= 4 is 17.8 Å². The molecule has 1 aliphatic heterocycles. The third-order valence-corrected chi connectivity index (χ3v) is 5.16. The highest BCUT2D eigenvalue weighted by molar-refractivity contribution is 5.97. The summed E-state index contributed by atoms with van der Waals surface area (Å²) < 4.78 is 0. The molecule has 2 heterocycles. The van der Waals surface area contributed by atoms with Gasteiger partial charge in [0.25, 0.3) is 5.91 Å². The van der Waals surface area contributed by atoms with Crippen molar-refractivity contribution in [2.75, 3.05) is 31.1 Å². The molecule has 0 spiro atoms. The van der Waals surface area contributed by atoms with Gasteiger partial charge in [-0.2, -0.15) is 0 Å². The molecular weight excluding hydrogens is 366 g/mol. The molecule has 29 heavy (non-hydrogen) atoms. The van der Waals surface area contributed by atoms with E-state index in [-0.39, 0.29) is 17.2 Å². The van der Waals surface area contributed by atoms with Crippen LogP contribution >= 0.6 is 0 Å². The first-order valence-corrected chi connectivity index (χ1v) is 9.98. The first-order chi connectivity index (χ1) is 13.8. The summed E-state index contributed by atoms with van der Waals surface area (Å²) in [7, 11) is 0. The van der Waals surface area contributed by atoms with Gasteiger partial charge in [0, 0.05) is 44.1 Å². The molecular formula is C22H29N5O2. The number of nitrogens with zero attached hydrogens (tertiary/aromatic N) is 4. The summed E-state index contributed by atoms with van der Waals surface area (Å²) in [5, 5.41) is 2.83. The lowest BCUT2D eigenvalue weighted by atomic mass is 9.86. The number of hydrogen-bond donors (Lipinski definition) is 1. The minimum atomic E-state index is -0.579. The van der Waals surface area contributed by atoms with Gasteiger partial charge in [0.05, 0.1) is 0 Å². The Balaban J connectivity index is 1.53. The van der Waals surface area contributed by atoms with Crippen LogP contribution in [0.4, 0.5) is 5.95 Å². The lowest BCUT2D eigenvalue weighted by Crippen LogP contribution is -2.54. The fourth-order valence-corrected chi connectivity index (χ4v) is 3.32. The Morgan fingerprint density at radius 1 is 1.00 bits per heavy atom. The van der Waals surface area contributed by atoms with Crippen molar-refractivity contribution in [1.82, 2.24) is 20.2 Å². The first kappa shape index (κ1) is 20.8. The number of benzene rings is 1. The Labute approximate surface area is 172 Å². The van der Waals surface area contributed by atoms with Crippen LogP contribution in [0.2, 0.25) is 0 Å². The summed E-state index contributed by atoms with van der Waals surface area (Å²) in [5.41, 5.74) is 1.76. The van der Waals surface area contributed by atoms with Crippen LogP contribution in [-0.2, 0) is 10.2 Å². The summed E-state index contributed by atoms with van der Waals surface area (Å²) in [5.74, 6) is 0.376. The van der Waals surface area contributed by atoms with E-state index in [0.717, 1.165) is 0 Å². The predicted molar refractivity (Wildman–Crippen MR) is 113 cm³/mol. The Morgan fingerprint density at radius 2 is 1.59 bits per heavy atom. The molecule has 2 aromatic rings. The van der Waals surface area contributed by atoms with E-state index >= 15 is 0 Å². The van der Waals surface area contributed by atoms with Crippen LogP contribution in [0.5, 0.6) is 0 Å². The number of rotatable bonds is 4. The first-order valence-electron chi connectivity index (χ1n) is 9.98. The van der Waals surface area contributed by atoms with Gasteiger partial charge < -0.3 is 15.1 Å². The Morgan fingerprint density at radius 3 is 2.14 bits per heavy atom. The van der Waals surface area contributed by atoms with E-state index in [1.54, 1.807) is 30.3 Å². The van der Waals surface area contributed by atoms with Crippen LogP contribution in [0.25, 0.3) is 0 Å². The maximum absolute atomic E-state index is 12.8. The summed E-state index contributed by atoms with van der Waals surface area (Å²) >= 11 is 0. The molecule has 0 aliphatic carbocycles. The normalized spacial score (nSPS) is 15.7. The topological polar surface area (TPSA) is 78.4 Å². The van der Waals surface area contributed by atoms with Crippen LogP contribution in [-0.4, -0.2) is 58.9 Å². The van der Waals surface area contributed by atoms with E-state index < -0.39 is 6.04 Å². The zero-order chi connectivity index (χ0) is 21.0. The van der Waals surface area contributed by atoms with Crippen molar-refractivity contribution in [3.05, 3.63) is 53.9 Å². The zero-order valence-corrected chi connectivity index (χ0v) is 17.6. The minimum Gasteiger partial charge on any atom is -0.341 e. The summed E-state index contributed by atoms with van der Waals surface area (Å²) in [6.45, 7) is 10.6. The quantitative estimate of drug-likeness (QED) is 0.859. The van der Waals surface area contributed by atoms with Crippen LogP contribution < -0.4 is 10.2 Å². The highest BCUT2D eigenvalue weighted by Gasteiger charge is 2.27. The zero-order valence-electron chi connectivity index (χ0n) is 17.6. The molecule has 0 unspecified atom stereocenters. The van der Waals surface area contributed by atoms with Gasteiger partial charge in [-0.25, -0.2) is 9.97 Å². The molecule has 0 saturated carbocycles. The predicted octanol–water partition coefficient (Wildman–Crippen LogP) is 2.24. The Hall–Kier alpha value is -2.96. The fraction of sp³-hybridized carbons (Fsp3) is 0.455. The largest absolute Gasteiger partial charge is 0.341 e. The number of aromatic nitrogens is 2. The van der Waals surface area contributed by atoms with Gasteiger partial charge in [0.2, 0.25) is 11.9 Å². The Bertz CT molecular complexity index is 838. The van der Waals surface area contributed by atoms with Crippen LogP contribution in [0.15, 0.2) is 42.7 Å². The Kier molecular flexibility index (Phi) is 6.15. The van der Waals surface area contributed by atoms with E-state index in [2.05, 4.69) is 41.0 Å². The summed E-state index contributed by atoms with van der Waals surface area (Å²) in [6, 6.07) is 8.75. The van der Waals surface area contributed by atoms with E-state index in [1.165, 1.54) is 5.56 Å². The number of nitrogens with one attached hydrogen (secondary N) is 1. The highest BCUT2D eigenvalue weighted by Crippen LogP contribution is 2.22. The standard InChI is InChI=1S/C22H29N5O2/c1-16(25-19(28)17-6-8-18(9-7-17)22(2,3)4)20(29)26-12-14-27(15-13-26)21-23-10-5-11-24-21/h5-11,16H,12-15H2,1-4H3,(H,25,28)/t16-/m1/s1. The third-order valence-electron chi connectivity index (χ3n) is 5.16. The second kappa shape index (κ2) is 8.59. The number of amides is 2. The lowest BCUT2D eigenvalue weighted by molar-refractivity contribution is -0.133. The van der Waals surface area contributed by atoms with Crippen LogP contribution in [0.3, 0.4) is 0 Å². The van der Waals surface area contributed by atoms with E-state index in [1.807, 2.05) is 24.3 Å². The molecule has 0 bridgehead atoms. The third kappa shape index (κ3) is 5.10. The average molecular weight is 396 g/mol. The SMILES string of the molecule is C[C@@H](NC(=O)c1ccc(C(C)(C)C)cc1)C(=O)N1CCN(c2ncccn2)CC1. The second-order valence-corrected chi connectivity index (χ2v) is 8.38. The van der Waals surface area contributed by atoms with E-state index in [0.29, 0.717) is 37.7 Å². The number of carbonyl (C=O) groups excluding carboxylic acids is 2. The molecule has 0 radical (unpaired) electrons. The van der Waals surface area contributed by atoms with Gasteiger partial charge in [0.15, 0.2) is 0 Å². The molecule has 1 aromatic heterocycles. The monoisotopic (exact) mass is 395 g/mol. The van der Waals surface area contributed by atoms with Gasteiger partial charge in [-0.1, -0.05) is 32.9 Å². The van der Waals surface area contributed by atoms with Crippen LogP contribution in [0.1, 0.15) is 43.6 Å². The molecule has 1 aliphatic rings. The van der Waals surface area contributed by atoms with E-state index in [9.17, 15) is 9.59 Å². The van der Waals surface area contributed by atoms with Crippen molar-refractivity contribution in [1.29, 1.82) is 0 Å². The number of carbonyl (C=O) groups is 2. The van der Waals surface area contributed by atoms with Crippen LogP contribution in [0, 0.1) is 0 Å². The molecule has 1 aromatic carbocycles. The van der Waals surface area contributed by atoms with Gasteiger partial charge in [0.1, 0.15) is 6.04 Å². The van der Waals surface area contributed by atoms with E-state index in [4.69, 9.17) is 0 Å². The molecule has 3 rings (SSSR count). The van der Waals surface area contributed by atoms with Crippen molar-refractivity contribution in [2.45, 2.75) is 39.2 Å². The smallest absolute Gasteiger partial charge is 0.251 e. The highest BCUT2D eigenvalue weighted by atomic mass is 16.2. The molecule has 7 nitrogen and oxygen atoms in total.